The average Bonchev–Trinajstić information content (AvgIpc) is 2.81. The van der Waals surface area contributed by atoms with E-state index in [1.807, 2.05) is 0 Å². The highest BCUT2D eigenvalue weighted by molar-refractivity contribution is 6.08. The first-order chi connectivity index (χ1) is 10.6. The van der Waals surface area contributed by atoms with Gasteiger partial charge in [-0.2, -0.15) is 0 Å². The van der Waals surface area contributed by atoms with Crippen LogP contribution in [0.4, 0.5) is 8.78 Å². The van der Waals surface area contributed by atoms with Gasteiger partial charge in [-0.3, -0.25) is 4.79 Å². The van der Waals surface area contributed by atoms with Crippen molar-refractivity contribution in [2.45, 2.75) is 13.5 Å². The van der Waals surface area contributed by atoms with E-state index in [-0.39, 0.29) is 24.1 Å². The van der Waals surface area contributed by atoms with Crippen molar-refractivity contribution in [2.75, 3.05) is 0 Å². The third-order valence-electron chi connectivity index (χ3n) is 3.57. The molecule has 0 atom stereocenters. The first kappa shape index (κ1) is 14.3. The molecule has 0 bridgehead atoms. The Morgan fingerprint density at radius 2 is 1.95 bits per heavy atom. The fourth-order valence-electron chi connectivity index (χ4n) is 2.50. The van der Waals surface area contributed by atoms with Crippen LogP contribution in [0.3, 0.4) is 0 Å². The molecule has 2 N–H and O–H groups in total. The predicted molar refractivity (Wildman–Crippen MR) is 80.6 cm³/mol. The smallest absolute Gasteiger partial charge is 0.253 e. The lowest BCUT2D eigenvalue weighted by molar-refractivity contribution is 0.0951. The van der Waals surface area contributed by atoms with Gasteiger partial charge in [-0.15, -0.1) is 0 Å². The van der Waals surface area contributed by atoms with Crippen molar-refractivity contribution in [1.82, 2.24) is 10.3 Å². The number of aryl methyl sites for hydroxylation is 1. The number of halogens is 2. The number of hydrogen-bond donors (Lipinski definition) is 2. The second-order valence-corrected chi connectivity index (χ2v) is 5.09. The molecule has 3 rings (SSSR count). The lowest BCUT2D eigenvalue weighted by atomic mass is 10.1. The third kappa shape index (κ3) is 2.57. The van der Waals surface area contributed by atoms with E-state index >= 15 is 0 Å². The SMILES string of the molecule is Cc1[nH]c2cc(F)ccc2c1C(=O)NCc1ccccc1F. The maximum absolute atomic E-state index is 13.6. The van der Waals surface area contributed by atoms with E-state index in [0.29, 0.717) is 27.7 Å². The van der Waals surface area contributed by atoms with Crippen molar-refractivity contribution in [3.05, 3.63) is 70.9 Å². The Morgan fingerprint density at radius 1 is 1.18 bits per heavy atom. The second kappa shape index (κ2) is 5.60. The van der Waals surface area contributed by atoms with E-state index in [2.05, 4.69) is 10.3 Å². The van der Waals surface area contributed by atoms with E-state index in [0.717, 1.165) is 0 Å². The van der Waals surface area contributed by atoms with E-state index < -0.39 is 0 Å². The number of aromatic nitrogens is 1. The van der Waals surface area contributed by atoms with Crippen LogP contribution in [0.5, 0.6) is 0 Å². The quantitative estimate of drug-likeness (QED) is 0.761. The molecule has 1 amide bonds. The molecule has 0 aliphatic heterocycles. The van der Waals surface area contributed by atoms with Gasteiger partial charge in [0.05, 0.1) is 5.56 Å². The Bertz CT molecular complexity index is 855. The summed E-state index contributed by atoms with van der Waals surface area (Å²) < 4.78 is 26.8. The zero-order valence-corrected chi connectivity index (χ0v) is 11.9. The standard InChI is InChI=1S/C17H14F2N2O/c1-10-16(13-7-6-12(18)8-15(13)21-10)17(22)20-9-11-4-2-3-5-14(11)19/h2-8,21H,9H2,1H3,(H,20,22). The van der Waals surface area contributed by atoms with Crippen LogP contribution >= 0.6 is 0 Å². The summed E-state index contributed by atoms with van der Waals surface area (Å²) in [5, 5.41) is 3.34. The Balaban J connectivity index is 1.86. The molecule has 0 aliphatic rings. The van der Waals surface area contributed by atoms with Crippen molar-refractivity contribution in [3.8, 4) is 0 Å². The number of carbonyl (C=O) groups excluding carboxylic acids is 1. The van der Waals surface area contributed by atoms with Gasteiger partial charge in [0.15, 0.2) is 0 Å². The van der Waals surface area contributed by atoms with Crippen molar-refractivity contribution >= 4 is 16.8 Å². The number of amides is 1. The van der Waals surface area contributed by atoms with Gasteiger partial charge in [0.2, 0.25) is 0 Å². The van der Waals surface area contributed by atoms with E-state index in [1.165, 1.54) is 18.2 Å². The van der Waals surface area contributed by atoms with Crippen molar-refractivity contribution in [1.29, 1.82) is 0 Å². The largest absolute Gasteiger partial charge is 0.358 e. The summed E-state index contributed by atoms with van der Waals surface area (Å²) >= 11 is 0. The topological polar surface area (TPSA) is 44.9 Å². The van der Waals surface area contributed by atoms with Crippen molar-refractivity contribution in [3.63, 3.8) is 0 Å². The molecule has 0 aliphatic carbocycles. The lowest BCUT2D eigenvalue weighted by Gasteiger charge is -2.06. The minimum atomic E-state index is -0.368. The van der Waals surface area contributed by atoms with Crippen LogP contribution in [0.1, 0.15) is 21.6 Å². The molecular weight excluding hydrogens is 286 g/mol. The highest BCUT2D eigenvalue weighted by atomic mass is 19.1. The summed E-state index contributed by atoms with van der Waals surface area (Å²) in [5.41, 5.74) is 2.07. The fraction of sp³-hybridized carbons (Fsp3) is 0.118. The Hall–Kier alpha value is -2.69. The molecular formula is C17H14F2N2O. The highest BCUT2D eigenvalue weighted by Crippen LogP contribution is 2.23. The van der Waals surface area contributed by atoms with Crippen molar-refractivity contribution < 1.29 is 13.6 Å². The molecule has 3 aromatic rings. The normalized spacial score (nSPS) is 10.9. The number of nitrogens with one attached hydrogen (secondary N) is 2. The molecule has 0 fully saturated rings. The molecule has 1 aromatic heterocycles. The van der Waals surface area contributed by atoms with Gasteiger partial charge < -0.3 is 10.3 Å². The van der Waals surface area contributed by atoms with Gasteiger partial charge in [0.25, 0.3) is 5.91 Å². The summed E-state index contributed by atoms with van der Waals surface area (Å²) in [5.74, 6) is -1.05. The van der Waals surface area contributed by atoms with Crippen molar-refractivity contribution in [2.24, 2.45) is 0 Å². The molecule has 0 saturated heterocycles. The minimum Gasteiger partial charge on any atom is -0.358 e. The number of aromatic amines is 1. The van der Waals surface area contributed by atoms with E-state index in [9.17, 15) is 13.6 Å². The van der Waals surface area contributed by atoms with Crippen LogP contribution in [0, 0.1) is 18.6 Å². The van der Waals surface area contributed by atoms with E-state index in [4.69, 9.17) is 0 Å². The number of carbonyl (C=O) groups is 1. The molecule has 0 spiro atoms. The lowest BCUT2D eigenvalue weighted by Crippen LogP contribution is -2.23. The van der Waals surface area contributed by atoms with Gasteiger partial charge in [0.1, 0.15) is 11.6 Å². The second-order valence-electron chi connectivity index (χ2n) is 5.09. The van der Waals surface area contributed by atoms with Gasteiger partial charge in [0, 0.05) is 28.7 Å². The predicted octanol–water partition coefficient (Wildman–Crippen LogP) is 3.68. The summed E-state index contributed by atoms with van der Waals surface area (Å²) in [7, 11) is 0. The molecule has 1 heterocycles. The van der Waals surface area contributed by atoms with Gasteiger partial charge >= 0.3 is 0 Å². The number of rotatable bonds is 3. The van der Waals surface area contributed by atoms with Crippen LogP contribution in [0.15, 0.2) is 42.5 Å². The van der Waals surface area contributed by atoms with Crippen LogP contribution < -0.4 is 5.32 Å². The van der Waals surface area contributed by atoms with Gasteiger partial charge in [-0.25, -0.2) is 8.78 Å². The minimum absolute atomic E-state index is 0.0960. The number of benzene rings is 2. The van der Waals surface area contributed by atoms with Crippen LogP contribution in [-0.2, 0) is 6.54 Å². The monoisotopic (exact) mass is 300 g/mol. The fourth-order valence-corrected chi connectivity index (χ4v) is 2.50. The highest BCUT2D eigenvalue weighted by Gasteiger charge is 2.16. The average molecular weight is 300 g/mol. The first-order valence-electron chi connectivity index (χ1n) is 6.85. The molecule has 112 valence electrons. The summed E-state index contributed by atoms with van der Waals surface area (Å²) in [4.78, 5) is 15.3. The first-order valence-corrected chi connectivity index (χ1v) is 6.85. The van der Waals surface area contributed by atoms with Crippen LogP contribution in [0.25, 0.3) is 10.9 Å². The summed E-state index contributed by atoms with van der Waals surface area (Å²) in [6.45, 7) is 1.84. The zero-order valence-electron chi connectivity index (χ0n) is 11.9. The van der Waals surface area contributed by atoms with Gasteiger partial charge in [-0.05, 0) is 31.2 Å². The van der Waals surface area contributed by atoms with E-state index in [1.54, 1.807) is 31.2 Å². The zero-order chi connectivity index (χ0) is 15.7. The Kier molecular flexibility index (Phi) is 3.63. The van der Waals surface area contributed by atoms with Gasteiger partial charge in [-0.1, -0.05) is 18.2 Å². The maximum Gasteiger partial charge on any atom is 0.253 e. The molecule has 22 heavy (non-hydrogen) atoms. The molecule has 5 heteroatoms. The van der Waals surface area contributed by atoms with Crippen LogP contribution in [0.2, 0.25) is 0 Å². The third-order valence-corrected chi connectivity index (χ3v) is 3.57. The summed E-state index contributed by atoms with van der Waals surface area (Å²) in [6.07, 6.45) is 0. The maximum atomic E-state index is 13.6. The summed E-state index contributed by atoms with van der Waals surface area (Å²) in [6, 6.07) is 10.5. The van der Waals surface area contributed by atoms with Crippen LogP contribution in [-0.4, -0.2) is 10.9 Å². The Morgan fingerprint density at radius 3 is 2.73 bits per heavy atom. The number of fused-ring (bicyclic) bond motifs is 1. The number of hydrogen-bond acceptors (Lipinski definition) is 1. The Labute approximate surface area is 126 Å². The number of H-pyrrole nitrogens is 1. The molecule has 3 nitrogen and oxygen atoms in total. The molecule has 0 saturated carbocycles. The molecule has 2 aromatic carbocycles. The molecule has 0 radical (unpaired) electrons. The molecule has 0 unspecified atom stereocenters.